The van der Waals surface area contributed by atoms with Crippen molar-refractivity contribution in [3.05, 3.63) is 48.5 Å². The van der Waals surface area contributed by atoms with Gasteiger partial charge in [0.05, 0.1) is 6.33 Å². The maximum atomic E-state index is 6.53. The van der Waals surface area contributed by atoms with Gasteiger partial charge in [0.15, 0.2) is 0 Å². The first kappa shape index (κ1) is 11.5. The van der Waals surface area contributed by atoms with Crippen molar-refractivity contribution in [3.8, 4) is 5.69 Å². The molecule has 0 radical (unpaired) electrons. The fraction of sp³-hybridized carbons (Fsp3) is 0.400. The Kier molecular flexibility index (Phi) is 2.92. The van der Waals surface area contributed by atoms with Gasteiger partial charge in [0.1, 0.15) is 0 Å². The molecule has 1 aliphatic carbocycles. The van der Waals surface area contributed by atoms with Gasteiger partial charge < -0.3 is 10.3 Å². The van der Waals surface area contributed by atoms with Crippen molar-refractivity contribution in [1.29, 1.82) is 0 Å². The van der Waals surface area contributed by atoms with Gasteiger partial charge in [0.2, 0.25) is 0 Å². The summed E-state index contributed by atoms with van der Waals surface area (Å²) in [6, 6.07) is 8.59. The van der Waals surface area contributed by atoms with Gasteiger partial charge in [-0.25, -0.2) is 4.98 Å². The molecule has 94 valence electrons. The summed E-state index contributed by atoms with van der Waals surface area (Å²) >= 11 is 0. The molecule has 0 atom stereocenters. The van der Waals surface area contributed by atoms with Gasteiger partial charge in [-0.05, 0) is 30.5 Å². The first-order valence-corrected chi connectivity index (χ1v) is 6.66. The van der Waals surface area contributed by atoms with E-state index in [4.69, 9.17) is 5.73 Å². The minimum atomic E-state index is -0.105. The van der Waals surface area contributed by atoms with E-state index in [1.807, 2.05) is 17.1 Å². The first-order chi connectivity index (χ1) is 8.78. The number of hydrogen-bond acceptors (Lipinski definition) is 2. The molecular weight excluding hydrogens is 222 g/mol. The first-order valence-electron chi connectivity index (χ1n) is 6.66. The van der Waals surface area contributed by atoms with Crippen LogP contribution < -0.4 is 5.73 Å². The quantitative estimate of drug-likeness (QED) is 0.878. The number of nitrogens with zero attached hydrogens (tertiary/aromatic N) is 2. The van der Waals surface area contributed by atoms with Crippen LogP contribution in [-0.2, 0) is 5.54 Å². The highest BCUT2D eigenvalue weighted by Crippen LogP contribution is 2.34. The van der Waals surface area contributed by atoms with Gasteiger partial charge in [-0.1, -0.05) is 31.4 Å². The summed E-state index contributed by atoms with van der Waals surface area (Å²) in [7, 11) is 0. The fourth-order valence-corrected chi connectivity index (χ4v) is 2.85. The van der Waals surface area contributed by atoms with Crippen molar-refractivity contribution in [2.45, 2.75) is 37.6 Å². The fourth-order valence-electron chi connectivity index (χ4n) is 2.85. The highest BCUT2D eigenvalue weighted by molar-refractivity contribution is 5.37. The van der Waals surface area contributed by atoms with E-state index in [0.29, 0.717) is 0 Å². The zero-order valence-electron chi connectivity index (χ0n) is 10.5. The zero-order valence-corrected chi connectivity index (χ0v) is 10.5. The smallest absolute Gasteiger partial charge is 0.0991 e. The Balaban J connectivity index is 1.86. The van der Waals surface area contributed by atoms with Crippen LogP contribution in [0.4, 0.5) is 0 Å². The molecule has 0 spiro atoms. The number of hydrogen-bond donors (Lipinski definition) is 1. The topological polar surface area (TPSA) is 43.8 Å². The van der Waals surface area contributed by atoms with E-state index in [2.05, 4.69) is 29.2 Å². The van der Waals surface area contributed by atoms with Crippen LogP contribution in [0.25, 0.3) is 5.69 Å². The van der Waals surface area contributed by atoms with Crippen LogP contribution in [0, 0.1) is 0 Å². The van der Waals surface area contributed by atoms with Crippen LogP contribution in [0.2, 0.25) is 0 Å². The third kappa shape index (κ3) is 2.06. The molecular formula is C15H19N3. The minimum absolute atomic E-state index is 0.105. The monoisotopic (exact) mass is 241 g/mol. The summed E-state index contributed by atoms with van der Waals surface area (Å²) in [6.45, 7) is 0. The molecule has 0 unspecified atom stereocenters. The molecule has 0 amide bonds. The lowest BCUT2D eigenvalue weighted by Crippen LogP contribution is -2.38. The van der Waals surface area contributed by atoms with Crippen LogP contribution >= 0.6 is 0 Å². The molecule has 3 rings (SSSR count). The van der Waals surface area contributed by atoms with Crippen LogP contribution in [0.1, 0.15) is 37.7 Å². The van der Waals surface area contributed by atoms with Crippen molar-refractivity contribution in [1.82, 2.24) is 9.55 Å². The molecule has 0 saturated heterocycles. The van der Waals surface area contributed by atoms with Crippen molar-refractivity contribution in [2.24, 2.45) is 5.73 Å². The summed E-state index contributed by atoms with van der Waals surface area (Å²) in [5.41, 5.74) is 8.83. The predicted molar refractivity (Wildman–Crippen MR) is 72.5 cm³/mol. The van der Waals surface area contributed by atoms with E-state index in [9.17, 15) is 0 Å². The van der Waals surface area contributed by atoms with E-state index < -0.39 is 0 Å². The SMILES string of the molecule is NC1(c2ccc(-n3ccnc3)cc2)CCCCC1. The Morgan fingerprint density at radius 2 is 1.78 bits per heavy atom. The Labute approximate surface area is 108 Å². The van der Waals surface area contributed by atoms with E-state index in [1.54, 1.807) is 6.20 Å². The van der Waals surface area contributed by atoms with E-state index in [1.165, 1.54) is 24.8 Å². The van der Waals surface area contributed by atoms with Crippen molar-refractivity contribution >= 4 is 0 Å². The molecule has 3 heteroatoms. The molecule has 1 aliphatic rings. The third-order valence-electron chi connectivity index (χ3n) is 3.99. The van der Waals surface area contributed by atoms with Crippen LogP contribution in [0.15, 0.2) is 43.0 Å². The number of nitrogens with two attached hydrogens (primary N) is 1. The predicted octanol–water partition coefficient (Wildman–Crippen LogP) is 2.99. The normalized spacial score (nSPS) is 18.7. The maximum absolute atomic E-state index is 6.53. The Morgan fingerprint density at radius 3 is 2.39 bits per heavy atom. The standard InChI is InChI=1S/C15H19N3/c16-15(8-2-1-3-9-15)13-4-6-14(7-5-13)18-11-10-17-12-18/h4-7,10-12H,1-3,8-9,16H2. The van der Waals surface area contributed by atoms with Gasteiger partial charge in [-0.3, -0.25) is 0 Å². The van der Waals surface area contributed by atoms with Gasteiger partial charge in [-0.2, -0.15) is 0 Å². The second-order valence-electron chi connectivity index (χ2n) is 5.23. The average Bonchev–Trinajstić information content (AvgIpc) is 2.94. The molecule has 2 aromatic rings. The molecule has 1 fully saturated rings. The average molecular weight is 241 g/mol. The minimum Gasteiger partial charge on any atom is -0.321 e. The van der Waals surface area contributed by atoms with E-state index in [0.717, 1.165) is 18.5 Å². The summed E-state index contributed by atoms with van der Waals surface area (Å²) in [4.78, 5) is 4.06. The Hall–Kier alpha value is -1.61. The zero-order chi connectivity index (χ0) is 12.4. The van der Waals surface area contributed by atoms with E-state index in [-0.39, 0.29) is 5.54 Å². The lowest BCUT2D eigenvalue weighted by molar-refractivity contribution is 0.302. The molecule has 0 bridgehead atoms. The van der Waals surface area contributed by atoms with Crippen LogP contribution in [0.5, 0.6) is 0 Å². The van der Waals surface area contributed by atoms with Gasteiger partial charge in [0.25, 0.3) is 0 Å². The number of benzene rings is 1. The third-order valence-corrected chi connectivity index (χ3v) is 3.99. The van der Waals surface area contributed by atoms with Crippen LogP contribution in [-0.4, -0.2) is 9.55 Å². The maximum Gasteiger partial charge on any atom is 0.0991 e. The summed E-state index contributed by atoms with van der Waals surface area (Å²) < 4.78 is 2.01. The lowest BCUT2D eigenvalue weighted by atomic mass is 9.77. The Morgan fingerprint density at radius 1 is 1.06 bits per heavy atom. The molecule has 1 saturated carbocycles. The number of aromatic nitrogens is 2. The van der Waals surface area contributed by atoms with Gasteiger partial charge >= 0.3 is 0 Å². The second-order valence-corrected chi connectivity index (χ2v) is 5.23. The highest BCUT2D eigenvalue weighted by Gasteiger charge is 2.28. The van der Waals surface area contributed by atoms with Crippen molar-refractivity contribution in [2.75, 3.05) is 0 Å². The molecule has 1 heterocycles. The largest absolute Gasteiger partial charge is 0.321 e. The Bertz CT molecular complexity index is 493. The van der Waals surface area contributed by atoms with Gasteiger partial charge in [0, 0.05) is 23.6 Å². The van der Waals surface area contributed by atoms with Crippen molar-refractivity contribution < 1.29 is 0 Å². The van der Waals surface area contributed by atoms with Crippen molar-refractivity contribution in [3.63, 3.8) is 0 Å². The number of rotatable bonds is 2. The molecule has 1 aromatic carbocycles. The lowest BCUT2D eigenvalue weighted by Gasteiger charge is -2.34. The van der Waals surface area contributed by atoms with Gasteiger partial charge in [-0.15, -0.1) is 0 Å². The number of imidazole rings is 1. The summed E-state index contributed by atoms with van der Waals surface area (Å²) in [5, 5.41) is 0. The summed E-state index contributed by atoms with van der Waals surface area (Å²) in [6.07, 6.45) is 11.6. The second kappa shape index (κ2) is 4.58. The van der Waals surface area contributed by atoms with Crippen LogP contribution in [0.3, 0.4) is 0 Å². The molecule has 1 aromatic heterocycles. The molecule has 0 aliphatic heterocycles. The highest BCUT2D eigenvalue weighted by atomic mass is 15.0. The molecule has 2 N–H and O–H groups in total. The molecule has 18 heavy (non-hydrogen) atoms. The summed E-state index contributed by atoms with van der Waals surface area (Å²) in [5.74, 6) is 0. The molecule has 3 nitrogen and oxygen atoms in total. The van der Waals surface area contributed by atoms with E-state index >= 15 is 0 Å².